The largest absolute Gasteiger partial charge is 0.493 e. The lowest BCUT2D eigenvalue weighted by Gasteiger charge is -2.10. The molecule has 1 aromatic heterocycles. The molecule has 3 aromatic rings. The Balaban J connectivity index is 1.22. The van der Waals surface area contributed by atoms with Crippen molar-refractivity contribution in [2.45, 2.75) is 11.4 Å². The van der Waals surface area contributed by atoms with Crippen LogP contribution in [0.2, 0.25) is 0 Å². The SMILES string of the molecule is O=C(CSc1ncccc1C(=O)OCCCOc1ccc(F)cc1)Nc1ccc2c(c1)OCO2. The second kappa shape index (κ2) is 11.4. The van der Waals surface area contributed by atoms with Crippen molar-refractivity contribution in [1.29, 1.82) is 0 Å². The summed E-state index contributed by atoms with van der Waals surface area (Å²) in [6.07, 6.45) is 2.01. The second-order valence-corrected chi connectivity index (χ2v) is 8.02. The van der Waals surface area contributed by atoms with Gasteiger partial charge in [0, 0.05) is 24.4 Å². The number of thioether (sulfide) groups is 1. The van der Waals surface area contributed by atoms with E-state index < -0.39 is 5.97 Å². The number of rotatable bonds is 10. The minimum Gasteiger partial charge on any atom is -0.493 e. The minimum atomic E-state index is -0.534. The van der Waals surface area contributed by atoms with Gasteiger partial charge in [-0.05, 0) is 48.5 Å². The summed E-state index contributed by atoms with van der Waals surface area (Å²) in [5.41, 5.74) is 0.862. The smallest absolute Gasteiger partial charge is 0.340 e. The number of hydrogen-bond acceptors (Lipinski definition) is 8. The summed E-state index contributed by atoms with van der Waals surface area (Å²) in [5, 5.41) is 3.18. The number of nitrogens with one attached hydrogen (secondary N) is 1. The lowest BCUT2D eigenvalue weighted by molar-refractivity contribution is -0.113. The third-order valence-electron chi connectivity index (χ3n) is 4.59. The molecular formula is C24H21FN2O6S. The first-order valence-corrected chi connectivity index (χ1v) is 11.4. The molecule has 1 aliphatic rings. The van der Waals surface area contributed by atoms with Crippen LogP contribution < -0.4 is 19.5 Å². The Bertz CT molecular complexity index is 1160. The molecule has 0 saturated carbocycles. The van der Waals surface area contributed by atoms with Gasteiger partial charge in [-0.2, -0.15) is 0 Å². The van der Waals surface area contributed by atoms with E-state index in [1.54, 1.807) is 36.5 Å². The maximum Gasteiger partial charge on any atom is 0.340 e. The molecule has 0 spiro atoms. The zero-order chi connectivity index (χ0) is 23.8. The Hall–Kier alpha value is -3.79. The molecule has 34 heavy (non-hydrogen) atoms. The minimum absolute atomic E-state index is 0.0528. The predicted molar refractivity (Wildman–Crippen MR) is 123 cm³/mol. The van der Waals surface area contributed by atoms with Crippen LogP contribution in [0, 0.1) is 5.82 Å². The number of nitrogens with zero attached hydrogens (tertiary/aromatic N) is 1. The Morgan fingerprint density at radius 1 is 1.06 bits per heavy atom. The van der Waals surface area contributed by atoms with Crippen molar-refractivity contribution in [2.75, 3.05) is 31.1 Å². The fourth-order valence-electron chi connectivity index (χ4n) is 2.99. The molecule has 0 fully saturated rings. The number of carbonyl (C=O) groups is 2. The van der Waals surface area contributed by atoms with Crippen molar-refractivity contribution in [2.24, 2.45) is 0 Å². The molecule has 1 amide bonds. The molecule has 0 radical (unpaired) electrons. The molecule has 0 bridgehead atoms. The number of esters is 1. The van der Waals surface area contributed by atoms with Crippen LogP contribution in [0.15, 0.2) is 65.8 Å². The molecule has 2 aromatic carbocycles. The maximum absolute atomic E-state index is 12.9. The molecule has 0 atom stereocenters. The molecule has 2 heterocycles. The van der Waals surface area contributed by atoms with Gasteiger partial charge in [-0.25, -0.2) is 14.2 Å². The van der Waals surface area contributed by atoms with Gasteiger partial charge in [-0.1, -0.05) is 11.8 Å². The first kappa shape index (κ1) is 23.4. The summed E-state index contributed by atoms with van der Waals surface area (Å²) in [7, 11) is 0. The topological polar surface area (TPSA) is 96.0 Å². The van der Waals surface area contributed by atoms with Gasteiger partial charge < -0.3 is 24.3 Å². The van der Waals surface area contributed by atoms with Crippen LogP contribution in [0.25, 0.3) is 0 Å². The first-order valence-electron chi connectivity index (χ1n) is 10.4. The molecule has 1 N–H and O–H groups in total. The average molecular weight is 485 g/mol. The molecule has 176 valence electrons. The van der Waals surface area contributed by atoms with E-state index in [0.717, 1.165) is 11.8 Å². The summed E-state index contributed by atoms with van der Waals surface area (Å²) >= 11 is 1.14. The van der Waals surface area contributed by atoms with E-state index in [-0.39, 0.29) is 36.4 Å². The van der Waals surface area contributed by atoms with Crippen LogP contribution in [0.4, 0.5) is 10.1 Å². The summed E-state index contributed by atoms with van der Waals surface area (Å²) in [6, 6.07) is 14.1. The van der Waals surface area contributed by atoms with Gasteiger partial charge in [0.2, 0.25) is 12.7 Å². The van der Waals surface area contributed by atoms with E-state index in [1.807, 2.05) is 0 Å². The standard InChI is InChI=1S/C24H21FN2O6S/c25-16-4-7-18(8-5-16)30-11-2-12-31-24(29)19-3-1-10-26-23(19)34-14-22(28)27-17-6-9-20-21(13-17)33-15-32-20/h1,3-10,13H,2,11-12,14-15H2,(H,27,28). The van der Waals surface area contributed by atoms with Crippen LogP contribution in [0.5, 0.6) is 17.2 Å². The van der Waals surface area contributed by atoms with Crippen molar-refractivity contribution < 1.29 is 32.9 Å². The number of halogens is 1. The third kappa shape index (κ3) is 6.38. The maximum atomic E-state index is 12.9. The lowest BCUT2D eigenvalue weighted by Crippen LogP contribution is -2.15. The monoisotopic (exact) mass is 484 g/mol. The Kier molecular flexibility index (Phi) is 7.82. The summed E-state index contributed by atoms with van der Waals surface area (Å²) in [4.78, 5) is 29.1. The number of amides is 1. The summed E-state index contributed by atoms with van der Waals surface area (Å²) in [5.74, 6) is 0.668. The molecular weight excluding hydrogens is 463 g/mol. The van der Waals surface area contributed by atoms with E-state index in [9.17, 15) is 14.0 Å². The number of anilines is 1. The number of carbonyl (C=O) groups excluding carboxylic acids is 2. The van der Waals surface area contributed by atoms with Crippen molar-refractivity contribution in [3.8, 4) is 17.2 Å². The summed E-state index contributed by atoms with van der Waals surface area (Å²) in [6.45, 7) is 0.611. The Labute approximate surface area is 199 Å². The van der Waals surface area contributed by atoms with Gasteiger partial charge in [0.05, 0.1) is 24.5 Å². The molecule has 1 aliphatic heterocycles. The fraction of sp³-hybridized carbons (Fsp3) is 0.208. The fourth-order valence-corrected chi connectivity index (χ4v) is 3.77. The second-order valence-electron chi connectivity index (χ2n) is 7.05. The molecule has 0 unspecified atom stereocenters. The number of hydrogen-bond donors (Lipinski definition) is 1. The predicted octanol–water partition coefficient (Wildman–Crippen LogP) is 4.31. The highest BCUT2D eigenvalue weighted by atomic mass is 32.2. The Morgan fingerprint density at radius 3 is 2.74 bits per heavy atom. The van der Waals surface area contributed by atoms with Crippen LogP contribution in [0.3, 0.4) is 0 Å². The highest BCUT2D eigenvalue weighted by Crippen LogP contribution is 2.34. The number of fused-ring (bicyclic) bond motifs is 1. The molecule has 8 nitrogen and oxygen atoms in total. The third-order valence-corrected chi connectivity index (χ3v) is 5.60. The normalized spacial score (nSPS) is 11.7. The van der Waals surface area contributed by atoms with Crippen molar-refractivity contribution >= 4 is 29.3 Å². The van der Waals surface area contributed by atoms with E-state index in [1.165, 1.54) is 24.3 Å². The van der Waals surface area contributed by atoms with E-state index in [4.69, 9.17) is 18.9 Å². The highest BCUT2D eigenvalue weighted by Gasteiger charge is 2.17. The molecule has 0 saturated heterocycles. The van der Waals surface area contributed by atoms with E-state index >= 15 is 0 Å². The Morgan fingerprint density at radius 2 is 1.88 bits per heavy atom. The van der Waals surface area contributed by atoms with Crippen molar-refractivity contribution in [1.82, 2.24) is 4.98 Å². The van der Waals surface area contributed by atoms with Gasteiger partial charge in [0.25, 0.3) is 0 Å². The lowest BCUT2D eigenvalue weighted by atomic mass is 10.3. The van der Waals surface area contributed by atoms with Crippen LogP contribution >= 0.6 is 11.8 Å². The van der Waals surface area contributed by atoms with E-state index in [0.29, 0.717) is 41.0 Å². The molecule has 0 aliphatic carbocycles. The zero-order valence-corrected chi connectivity index (χ0v) is 18.8. The first-order chi connectivity index (χ1) is 16.6. The zero-order valence-electron chi connectivity index (χ0n) is 18.0. The number of ether oxygens (including phenoxy) is 4. The van der Waals surface area contributed by atoms with Crippen LogP contribution in [-0.4, -0.2) is 42.6 Å². The number of aromatic nitrogens is 1. The quantitative estimate of drug-likeness (QED) is 0.258. The number of pyridine rings is 1. The van der Waals surface area contributed by atoms with Crippen molar-refractivity contribution in [3.05, 3.63) is 72.2 Å². The van der Waals surface area contributed by atoms with Crippen LogP contribution in [0.1, 0.15) is 16.8 Å². The molecule has 10 heteroatoms. The average Bonchev–Trinajstić information content (AvgIpc) is 3.32. The summed E-state index contributed by atoms with van der Waals surface area (Å²) < 4.78 is 34.3. The highest BCUT2D eigenvalue weighted by molar-refractivity contribution is 8.00. The molecule has 4 rings (SSSR count). The van der Waals surface area contributed by atoms with Gasteiger partial charge >= 0.3 is 5.97 Å². The van der Waals surface area contributed by atoms with Gasteiger partial charge in [-0.3, -0.25) is 4.79 Å². The van der Waals surface area contributed by atoms with E-state index in [2.05, 4.69) is 10.3 Å². The van der Waals surface area contributed by atoms with Gasteiger partial charge in [0.1, 0.15) is 16.6 Å². The van der Waals surface area contributed by atoms with Crippen molar-refractivity contribution in [3.63, 3.8) is 0 Å². The van der Waals surface area contributed by atoms with Crippen LogP contribution in [-0.2, 0) is 9.53 Å². The number of benzene rings is 2. The van der Waals surface area contributed by atoms with Gasteiger partial charge in [-0.15, -0.1) is 0 Å². The van der Waals surface area contributed by atoms with Gasteiger partial charge in [0.15, 0.2) is 11.5 Å².